The number of rotatable bonds is 10. The summed E-state index contributed by atoms with van der Waals surface area (Å²) in [4.78, 5) is 7.88. The van der Waals surface area contributed by atoms with Crippen LogP contribution < -0.4 is 19.0 Å². The van der Waals surface area contributed by atoms with Gasteiger partial charge < -0.3 is 9.47 Å². The maximum atomic E-state index is 9.49. The van der Waals surface area contributed by atoms with E-state index in [4.69, 9.17) is 14.3 Å². The minimum Gasteiger partial charge on any atom is -0.488 e. The van der Waals surface area contributed by atoms with Crippen molar-refractivity contribution in [2.45, 2.75) is 58.8 Å². The third kappa shape index (κ3) is 5.98. The Balaban J connectivity index is 1.31. The Hall–Kier alpha value is -4.34. The van der Waals surface area contributed by atoms with Crippen molar-refractivity contribution in [3.63, 3.8) is 0 Å². The van der Waals surface area contributed by atoms with Crippen LogP contribution in [0.4, 0.5) is 0 Å². The molecule has 1 saturated heterocycles. The van der Waals surface area contributed by atoms with Crippen LogP contribution in [0, 0.1) is 18.3 Å². The number of hydrogen-bond acceptors (Lipinski definition) is 5. The fourth-order valence-corrected chi connectivity index (χ4v) is 6.33. The van der Waals surface area contributed by atoms with Gasteiger partial charge in [-0.3, -0.25) is 9.74 Å². The third-order valence-corrected chi connectivity index (χ3v) is 8.57. The molecule has 1 fully saturated rings. The van der Waals surface area contributed by atoms with Gasteiger partial charge in [-0.05, 0) is 91.6 Å². The zero-order valence-electron chi connectivity index (χ0n) is 24.6. The Morgan fingerprint density at radius 1 is 0.857 bits per heavy atom. The van der Waals surface area contributed by atoms with Crippen LogP contribution in [0.1, 0.15) is 58.2 Å². The molecule has 4 aromatic rings. The molecular formula is C36H38N3O3+. The Bertz CT molecular complexity index is 1600. The second kappa shape index (κ2) is 12.7. The van der Waals surface area contributed by atoms with Crippen molar-refractivity contribution < 1.29 is 19.0 Å². The number of ether oxygens (including phenoxy) is 2. The lowest BCUT2D eigenvalue weighted by Gasteiger charge is -2.23. The maximum absolute atomic E-state index is 9.49. The summed E-state index contributed by atoms with van der Waals surface area (Å²) in [6.07, 6.45) is 9.22. The molecule has 0 N–H and O–H groups in total. The van der Waals surface area contributed by atoms with Crippen molar-refractivity contribution in [2.75, 3.05) is 20.2 Å². The summed E-state index contributed by atoms with van der Waals surface area (Å²) in [6, 6.07) is 23.2. The van der Waals surface area contributed by atoms with Crippen LogP contribution >= 0.6 is 0 Å². The number of likely N-dealkylation sites (tertiary alicyclic amines) is 1. The number of nitriles is 1. The number of hydrogen-bond donors (Lipinski definition) is 0. The van der Waals surface area contributed by atoms with Crippen LogP contribution in [0.3, 0.4) is 0 Å². The minimum absolute atomic E-state index is 0.336. The van der Waals surface area contributed by atoms with E-state index >= 15 is 0 Å². The standard InChI is InChI=1S/C36H38N3O3/c1-26-30(12-8-13-31(26)29-10-4-3-5-11-29)25-42-35-19-36(41-24-28-18-27(20-37)21-39(22-28)40-2)34(23-38-16-6-7-17-38)32-14-9-15-33(32)35/h3-5,8,10-13,18-19,21-22H,6-7,9,14-17,23-25H2,1-2H3/q+1. The van der Waals surface area contributed by atoms with Crippen LogP contribution in [0.15, 0.2) is 73.1 Å². The third-order valence-electron chi connectivity index (χ3n) is 8.57. The molecule has 0 saturated carbocycles. The smallest absolute Gasteiger partial charge is 0.240 e. The van der Waals surface area contributed by atoms with E-state index in [1.165, 1.54) is 51.8 Å². The van der Waals surface area contributed by atoms with Gasteiger partial charge in [-0.2, -0.15) is 5.26 Å². The number of benzene rings is 3. The summed E-state index contributed by atoms with van der Waals surface area (Å²) in [5.41, 5.74) is 10.3. The molecule has 2 aliphatic rings. The van der Waals surface area contributed by atoms with Gasteiger partial charge >= 0.3 is 0 Å². The summed E-state index contributed by atoms with van der Waals surface area (Å²) in [6.45, 7) is 6.17. The Morgan fingerprint density at radius 2 is 1.64 bits per heavy atom. The summed E-state index contributed by atoms with van der Waals surface area (Å²) in [7, 11) is 1.58. The summed E-state index contributed by atoms with van der Waals surface area (Å²) in [5.74, 6) is 1.79. The fraction of sp³-hybridized carbons (Fsp3) is 0.333. The molecule has 0 amide bonds. The van der Waals surface area contributed by atoms with Crippen molar-refractivity contribution in [3.05, 3.63) is 112 Å². The Kier molecular flexibility index (Phi) is 8.39. The molecule has 214 valence electrons. The van der Waals surface area contributed by atoms with E-state index in [0.717, 1.165) is 56.0 Å². The van der Waals surface area contributed by atoms with Crippen LogP contribution in [0.5, 0.6) is 11.5 Å². The summed E-state index contributed by atoms with van der Waals surface area (Å²) in [5, 5.41) is 9.49. The highest BCUT2D eigenvalue weighted by Gasteiger charge is 2.26. The molecule has 0 spiro atoms. The molecule has 0 radical (unpaired) electrons. The molecule has 6 heteroatoms. The second-order valence-corrected chi connectivity index (χ2v) is 11.3. The highest BCUT2D eigenvalue weighted by molar-refractivity contribution is 5.68. The zero-order valence-corrected chi connectivity index (χ0v) is 24.6. The molecule has 1 aliphatic carbocycles. The molecule has 6 nitrogen and oxygen atoms in total. The first-order chi connectivity index (χ1) is 20.6. The maximum Gasteiger partial charge on any atom is 0.240 e. The van der Waals surface area contributed by atoms with Crippen LogP contribution in [0.2, 0.25) is 0 Å². The van der Waals surface area contributed by atoms with Gasteiger partial charge in [-0.15, -0.1) is 0 Å². The number of aromatic nitrogens is 1. The van der Waals surface area contributed by atoms with E-state index in [-0.39, 0.29) is 0 Å². The first-order valence-electron chi connectivity index (χ1n) is 14.9. The monoisotopic (exact) mass is 560 g/mol. The van der Waals surface area contributed by atoms with E-state index in [2.05, 4.69) is 72.5 Å². The topological polar surface area (TPSA) is 58.6 Å². The lowest BCUT2D eigenvalue weighted by molar-refractivity contribution is -0.885. The molecule has 1 aromatic heterocycles. The normalized spacial score (nSPS) is 14.4. The quantitative estimate of drug-likeness (QED) is 0.219. The average Bonchev–Trinajstić information content (AvgIpc) is 3.74. The van der Waals surface area contributed by atoms with E-state index in [9.17, 15) is 5.26 Å². The second-order valence-electron chi connectivity index (χ2n) is 11.3. The molecule has 0 unspecified atom stereocenters. The highest BCUT2D eigenvalue weighted by Crippen LogP contribution is 2.41. The van der Waals surface area contributed by atoms with E-state index in [0.29, 0.717) is 18.8 Å². The highest BCUT2D eigenvalue weighted by atomic mass is 16.6. The lowest BCUT2D eigenvalue weighted by Crippen LogP contribution is -2.40. The predicted octanol–water partition coefficient (Wildman–Crippen LogP) is 6.12. The van der Waals surface area contributed by atoms with E-state index in [1.54, 1.807) is 18.0 Å². The molecule has 0 atom stereocenters. The van der Waals surface area contributed by atoms with Gasteiger partial charge in [-0.1, -0.05) is 48.5 Å². The van der Waals surface area contributed by atoms with Gasteiger partial charge in [0.15, 0.2) is 0 Å². The molecule has 3 aromatic carbocycles. The number of nitrogens with zero attached hydrogens (tertiary/aromatic N) is 3. The van der Waals surface area contributed by atoms with Crippen LogP contribution in [-0.2, 0) is 32.6 Å². The SMILES string of the molecule is CO[n+]1cc(C#N)cc(COc2cc(OCc3cccc(-c4ccccc4)c3C)c3c(c2CN2CCCC2)CCC3)c1. The van der Waals surface area contributed by atoms with Crippen molar-refractivity contribution in [3.8, 4) is 28.7 Å². The molecule has 1 aliphatic heterocycles. The van der Waals surface area contributed by atoms with Crippen molar-refractivity contribution in [1.29, 1.82) is 5.26 Å². The van der Waals surface area contributed by atoms with Crippen LogP contribution in [-0.4, -0.2) is 25.1 Å². The zero-order chi connectivity index (χ0) is 28.9. The van der Waals surface area contributed by atoms with Crippen molar-refractivity contribution >= 4 is 0 Å². The Labute approximate surface area is 248 Å². The van der Waals surface area contributed by atoms with Gasteiger partial charge in [0.25, 0.3) is 0 Å². The molecule has 6 rings (SSSR count). The first-order valence-corrected chi connectivity index (χ1v) is 14.9. The first kappa shape index (κ1) is 27.8. The minimum atomic E-state index is 0.336. The van der Waals surface area contributed by atoms with E-state index in [1.807, 2.05) is 12.3 Å². The van der Waals surface area contributed by atoms with E-state index < -0.39 is 0 Å². The molecular weight excluding hydrogens is 522 g/mol. The summed E-state index contributed by atoms with van der Waals surface area (Å²) >= 11 is 0. The number of pyridine rings is 1. The summed E-state index contributed by atoms with van der Waals surface area (Å²) < 4.78 is 14.7. The van der Waals surface area contributed by atoms with Gasteiger partial charge in [0.05, 0.1) is 5.56 Å². The lowest BCUT2D eigenvalue weighted by atomic mass is 9.97. The predicted molar refractivity (Wildman–Crippen MR) is 162 cm³/mol. The van der Waals surface area contributed by atoms with Gasteiger partial charge in [0.1, 0.15) is 43.5 Å². The molecule has 42 heavy (non-hydrogen) atoms. The largest absolute Gasteiger partial charge is 0.488 e. The van der Waals surface area contributed by atoms with Gasteiger partial charge in [0, 0.05) is 22.9 Å². The van der Waals surface area contributed by atoms with Gasteiger partial charge in [-0.25, -0.2) is 0 Å². The van der Waals surface area contributed by atoms with Gasteiger partial charge in [0.2, 0.25) is 12.4 Å². The molecule has 0 bridgehead atoms. The van der Waals surface area contributed by atoms with Crippen molar-refractivity contribution in [1.82, 2.24) is 4.90 Å². The van der Waals surface area contributed by atoms with Crippen LogP contribution in [0.25, 0.3) is 11.1 Å². The Morgan fingerprint density at radius 3 is 2.43 bits per heavy atom. The average molecular weight is 561 g/mol. The number of fused-ring (bicyclic) bond motifs is 1. The van der Waals surface area contributed by atoms with Crippen molar-refractivity contribution in [2.24, 2.45) is 0 Å². The molecule has 2 heterocycles. The fourth-order valence-electron chi connectivity index (χ4n) is 6.33.